The van der Waals surface area contributed by atoms with Gasteiger partial charge in [0.15, 0.2) is 0 Å². The molecule has 1 aromatic rings. The molecule has 1 aliphatic heterocycles. The second-order valence-corrected chi connectivity index (χ2v) is 4.80. The molecule has 0 atom stereocenters. The Balaban J connectivity index is 1.84. The van der Waals surface area contributed by atoms with E-state index in [0.29, 0.717) is 12.3 Å². The van der Waals surface area contributed by atoms with E-state index in [1.54, 1.807) is 6.20 Å². The van der Waals surface area contributed by atoms with E-state index in [1.165, 1.54) is 7.11 Å². The van der Waals surface area contributed by atoms with E-state index in [2.05, 4.69) is 30.6 Å². The van der Waals surface area contributed by atoms with Crippen molar-refractivity contribution in [3.05, 3.63) is 22.8 Å². The van der Waals surface area contributed by atoms with Crippen LogP contribution in [0, 0.1) is 5.92 Å². The summed E-state index contributed by atoms with van der Waals surface area (Å²) in [7, 11) is 1.43. The Morgan fingerprint density at radius 1 is 1.62 bits per heavy atom. The number of pyridine rings is 1. The van der Waals surface area contributed by atoms with E-state index in [9.17, 15) is 4.79 Å². The summed E-state index contributed by atoms with van der Waals surface area (Å²) in [4.78, 5) is 17.5. The Hall–Kier alpha value is -1.10. The van der Waals surface area contributed by atoms with Crippen molar-refractivity contribution in [1.82, 2.24) is 4.98 Å². The summed E-state index contributed by atoms with van der Waals surface area (Å²) in [6, 6.07) is 3.94. The molecule has 0 unspecified atom stereocenters. The van der Waals surface area contributed by atoms with E-state index in [4.69, 9.17) is 0 Å². The molecule has 86 valence electrons. The van der Waals surface area contributed by atoms with Gasteiger partial charge in [0.05, 0.1) is 13.5 Å². The van der Waals surface area contributed by atoms with E-state index >= 15 is 0 Å². The fraction of sp³-hybridized carbons (Fsp3) is 0.455. The van der Waals surface area contributed by atoms with Gasteiger partial charge in [-0.1, -0.05) is 0 Å². The molecule has 0 aromatic carbocycles. The molecule has 0 spiro atoms. The monoisotopic (exact) mass is 284 g/mol. The Labute approximate surface area is 103 Å². The van der Waals surface area contributed by atoms with Crippen molar-refractivity contribution < 1.29 is 9.53 Å². The minimum absolute atomic E-state index is 0.131. The zero-order valence-corrected chi connectivity index (χ0v) is 10.6. The van der Waals surface area contributed by atoms with Gasteiger partial charge in [0.25, 0.3) is 0 Å². The third-order valence-electron chi connectivity index (χ3n) is 2.68. The van der Waals surface area contributed by atoms with Gasteiger partial charge in [0.1, 0.15) is 5.82 Å². The van der Waals surface area contributed by atoms with E-state index in [-0.39, 0.29) is 5.97 Å². The Morgan fingerprint density at radius 2 is 2.38 bits per heavy atom. The minimum Gasteiger partial charge on any atom is -0.469 e. The highest BCUT2D eigenvalue weighted by molar-refractivity contribution is 9.10. The number of esters is 1. The highest BCUT2D eigenvalue weighted by Gasteiger charge is 2.29. The molecule has 2 rings (SSSR count). The molecular formula is C11H13BrN2O2. The maximum absolute atomic E-state index is 11.0. The third kappa shape index (κ3) is 2.52. The number of carbonyl (C=O) groups is 1. The SMILES string of the molecule is COC(=O)CC1CN(c2ccc(Br)cn2)C1. The molecule has 1 fully saturated rings. The molecular weight excluding hydrogens is 272 g/mol. The molecule has 2 heterocycles. The molecule has 0 saturated carbocycles. The summed E-state index contributed by atoms with van der Waals surface area (Å²) in [5.41, 5.74) is 0. The smallest absolute Gasteiger partial charge is 0.305 e. The topological polar surface area (TPSA) is 42.4 Å². The lowest BCUT2D eigenvalue weighted by Crippen LogP contribution is -2.48. The minimum atomic E-state index is -0.131. The molecule has 0 aliphatic carbocycles. The van der Waals surface area contributed by atoms with Gasteiger partial charge in [-0.3, -0.25) is 4.79 Å². The van der Waals surface area contributed by atoms with Gasteiger partial charge in [-0.15, -0.1) is 0 Å². The van der Waals surface area contributed by atoms with Crippen molar-refractivity contribution in [1.29, 1.82) is 0 Å². The van der Waals surface area contributed by atoms with Crippen molar-refractivity contribution in [2.45, 2.75) is 6.42 Å². The molecule has 1 saturated heterocycles. The standard InChI is InChI=1S/C11H13BrN2O2/c1-16-11(15)4-8-6-14(7-8)10-3-2-9(12)5-13-10/h2-3,5,8H,4,6-7H2,1H3. The predicted molar refractivity (Wildman–Crippen MR) is 64.3 cm³/mol. The zero-order chi connectivity index (χ0) is 11.5. The lowest BCUT2D eigenvalue weighted by molar-refractivity contribution is -0.141. The van der Waals surface area contributed by atoms with Crippen LogP contribution in [0.1, 0.15) is 6.42 Å². The van der Waals surface area contributed by atoms with Crippen molar-refractivity contribution in [3.63, 3.8) is 0 Å². The molecule has 0 amide bonds. The highest BCUT2D eigenvalue weighted by Crippen LogP contribution is 2.25. The Morgan fingerprint density at radius 3 is 2.94 bits per heavy atom. The fourth-order valence-corrected chi connectivity index (χ4v) is 1.99. The van der Waals surface area contributed by atoms with Gasteiger partial charge in [-0.25, -0.2) is 4.98 Å². The molecule has 16 heavy (non-hydrogen) atoms. The van der Waals surface area contributed by atoms with Crippen LogP contribution in [0.5, 0.6) is 0 Å². The van der Waals surface area contributed by atoms with Gasteiger partial charge < -0.3 is 9.64 Å². The van der Waals surface area contributed by atoms with Gasteiger partial charge in [-0.05, 0) is 28.1 Å². The van der Waals surface area contributed by atoms with Crippen LogP contribution in [0.25, 0.3) is 0 Å². The number of aromatic nitrogens is 1. The maximum Gasteiger partial charge on any atom is 0.305 e. The number of methoxy groups -OCH3 is 1. The second-order valence-electron chi connectivity index (χ2n) is 3.89. The largest absolute Gasteiger partial charge is 0.469 e. The second kappa shape index (κ2) is 4.82. The first-order valence-corrected chi connectivity index (χ1v) is 5.91. The van der Waals surface area contributed by atoms with E-state index in [1.807, 2.05) is 12.1 Å². The number of halogens is 1. The Bertz CT molecular complexity index is 374. The summed E-state index contributed by atoms with van der Waals surface area (Å²) >= 11 is 3.35. The lowest BCUT2D eigenvalue weighted by Gasteiger charge is -2.39. The average molecular weight is 285 g/mol. The summed E-state index contributed by atoms with van der Waals surface area (Å²) in [5.74, 6) is 1.23. The van der Waals surface area contributed by atoms with Crippen molar-refractivity contribution in [2.75, 3.05) is 25.1 Å². The normalized spacial score (nSPS) is 15.8. The highest BCUT2D eigenvalue weighted by atomic mass is 79.9. The summed E-state index contributed by atoms with van der Waals surface area (Å²) in [6.07, 6.45) is 2.28. The molecule has 5 heteroatoms. The molecule has 0 N–H and O–H groups in total. The molecule has 0 bridgehead atoms. The number of anilines is 1. The summed E-state index contributed by atoms with van der Waals surface area (Å²) < 4.78 is 5.61. The van der Waals surface area contributed by atoms with Gasteiger partial charge in [0, 0.05) is 29.7 Å². The van der Waals surface area contributed by atoms with Crippen LogP contribution < -0.4 is 4.90 Å². The summed E-state index contributed by atoms with van der Waals surface area (Å²) in [5, 5.41) is 0. The first kappa shape index (κ1) is 11.4. The maximum atomic E-state index is 11.0. The predicted octanol–water partition coefficient (Wildman–Crippen LogP) is 1.84. The summed E-state index contributed by atoms with van der Waals surface area (Å²) in [6.45, 7) is 1.76. The quantitative estimate of drug-likeness (QED) is 0.795. The van der Waals surface area contributed by atoms with Crippen LogP contribution in [0.4, 0.5) is 5.82 Å². The number of hydrogen-bond donors (Lipinski definition) is 0. The number of hydrogen-bond acceptors (Lipinski definition) is 4. The lowest BCUT2D eigenvalue weighted by atomic mass is 9.96. The number of rotatable bonds is 3. The van der Waals surface area contributed by atoms with Crippen LogP contribution in [-0.2, 0) is 9.53 Å². The number of nitrogens with zero attached hydrogens (tertiary/aromatic N) is 2. The van der Waals surface area contributed by atoms with Crippen LogP contribution >= 0.6 is 15.9 Å². The Kier molecular flexibility index (Phi) is 3.43. The fourth-order valence-electron chi connectivity index (χ4n) is 1.76. The molecule has 1 aliphatic rings. The first-order valence-electron chi connectivity index (χ1n) is 5.12. The van der Waals surface area contributed by atoms with Gasteiger partial charge >= 0.3 is 5.97 Å². The number of carbonyl (C=O) groups excluding carboxylic acids is 1. The van der Waals surface area contributed by atoms with E-state index < -0.39 is 0 Å². The van der Waals surface area contributed by atoms with Crippen LogP contribution in [0.2, 0.25) is 0 Å². The molecule has 0 radical (unpaired) electrons. The van der Waals surface area contributed by atoms with Crippen LogP contribution in [0.15, 0.2) is 22.8 Å². The van der Waals surface area contributed by atoms with Crippen LogP contribution in [0.3, 0.4) is 0 Å². The van der Waals surface area contributed by atoms with Gasteiger partial charge in [-0.2, -0.15) is 0 Å². The van der Waals surface area contributed by atoms with Crippen molar-refractivity contribution >= 4 is 27.7 Å². The molecule has 1 aromatic heterocycles. The average Bonchev–Trinajstić information content (AvgIpc) is 2.24. The molecule has 4 nitrogen and oxygen atoms in total. The van der Waals surface area contributed by atoms with Crippen molar-refractivity contribution in [2.24, 2.45) is 5.92 Å². The van der Waals surface area contributed by atoms with Crippen LogP contribution in [-0.4, -0.2) is 31.2 Å². The van der Waals surface area contributed by atoms with Crippen molar-refractivity contribution in [3.8, 4) is 0 Å². The van der Waals surface area contributed by atoms with E-state index in [0.717, 1.165) is 23.4 Å². The number of ether oxygens (including phenoxy) is 1. The first-order chi connectivity index (χ1) is 7.69. The third-order valence-corrected chi connectivity index (χ3v) is 3.15. The van der Waals surface area contributed by atoms with Gasteiger partial charge in [0.2, 0.25) is 0 Å². The zero-order valence-electron chi connectivity index (χ0n) is 9.02.